The van der Waals surface area contributed by atoms with Crippen LogP contribution in [-0.4, -0.2) is 35.1 Å². The molecule has 0 radical (unpaired) electrons. The number of fused-ring (bicyclic) bond motifs is 1. The van der Waals surface area contributed by atoms with E-state index < -0.39 is 11.5 Å². The van der Waals surface area contributed by atoms with Crippen molar-refractivity contribution in [3.8, 4) is 0 Å². The lowest BCUT2D eigenvalue weighted by Gasteiger charge is -2.36. The molecule has 0 heterocycles. The molecule has 5 unspecified atom stereocenters. The number of benzene rings is 4. The normalized spacial score (nSPS) is 15.2. The van der Waals surface area contributed by atoms with Crippen molar-refractivity contribution in [2.75, 3.05) is 0 Å². The first-order valence-electron chi connectivity index (χ1n) is 25.5. The van der Waals surface area contributed by atoms with E-state index in [2.05, 4.69) is 151 Å². The number of ketones is 2. The van der Waals surface area contributed by atoms with Crippen molar-refractivity contribution in [1.82, 2.24) is 0 Å². The summed E-state index contributed by atoms with van der Waals surface area (Å²) in [6.45, 7) is 51.5. The Balaban J connectivity index is 1.66. The average Bonchev–Trinajstić information content (AvgIpc) is 3.27. The number of aliphatic imine (C=N–C) groups is 2. The van der Waals surface area contributed by atoms with Gasteiger partial charge in [-0.2, -0.15) is 0 Å². The Hall–Kier alpha value is -5.22. The summed E-state index contributed by atoms with van der Waals surface area (Å²) in [4.78, 5) is 37.5. The molecule has 0 amide bonds. The Labute approximate surface area is 419 Å². The molecule has 5 atom stereocenters. The fraction of sp³-hybridized carbons (Fsp3) is 0.477. The number of hydrogen-bond donors (Lipinski definition) is 0. The van der Waals surface area contributed by atoms with Gasteiger partial charge in [-0.25, -0.2) is 0 Å². The number of nitrogens with zero attached hydrogens (tertiary/aromatic N) is 2. The molecule has 0 fully saturated rings. The van der Waals surface area contributed by atoms with E-state index in [-0.39, 0.29) is 39.8 Å². The van der Waals surface area contributed by atoms with E-state index in [4.69, 9.17) is 29.7 Å². The molecule has 69 heavy (non-hydrogen) atoms. The van der Waals surface area contributed by atoms with Crippen molar-refractivity contribution in [2.24, 2.45) is 49.4 Å². The number of allylic oxidation sites excluding steroid dienone is 3. The number of hydrogen-bond acceptors (Lipinski definition) is 4. The number of carbonyl (C=O) groups is 2. The van der Waals surface area contributed by atoms with Crippen LogP contribution < -0.4 is 0 Å². The molecule has 4 rings (SSSR count). The quantitative estimate of drug-likeness (QED) is 0.0378. The third kappa shape index (κ3) is 16.2. The highest BCUT2D eigenvalue weighted by atomic mass is 16.1. The summed E-state index contributed by atoms with van der Waals surface area (Å²) in [5.74, 6) is 1.13. The Morgan fingerprint density at radius 2 is 1.14 bits per heavy atom. The summed E-state index contributed by atoms with van der Waals surface area (Å²) >= 11 is 0. The van der Waals surface area contributed by atoms with E-state index in [9.17, 15) is 9.59 Å². The summed E-state index contributed by atoms with van der Waals surface area (Å²) in [6, 6.07) is 32.2. The van der Waals surface area contributed by atoms with Gasteiger partial charge in [0.1, 0.15) is 6.04 Å². The van der Waals surface area contributed by atoms with E-state index in [0.717, 1.165) is 65.8 Å². The molecule has 0 aliphatic heterocycles. The minimum Gasteiger partial charge on any atom is -0.297 e. The summed E-state index contributed by atoms with van der Waals surface area (Å²) in [7, 11) is 0. The molecule has 0 saturated carbocycles. The molecule has 4 aromatic rings. The Morgan fingerprint density at radius 3 is 1.74 bits per heavy atom. The predicted molar refractivity (Wildman–Crippen MR) is 300 cm³/mol. The first-order valence-corrected chi connectivity index (χ1v) is 25.5. The summed E-state index contributed by atoms with van der Waals surface area (Å²) in [6.07, 6.45) is 5.23. The van der Waals surface area contributed by atoms with Gasteiger partial charge < -0.3 is 0 Å². The summed E-state index contributed by atoms with van der Waals surface area (Å²) < 4.78 is 0. The lowest BCUT2D eigenvalue weighted by molar-refractivity contribution is -0.121. The maximum Gasteiger partial charge on any atom is 0.193 e. The molecule has 0 bridgehead atoms. The van der Waals surface area contributed by atoms with E-state index in [1.807, 2.05) is 56.3 Å². The van der Waals surface area contributed by atoms with Gasteiger partial charge in [-0.15, -0.1) is 0 Å². The molecule has 370 valence electrons. The Morgan fingerprint density at radius 1 is 0.580 bits per heavy atom. The van der Waals surface area contributed by atoms with Gasteiger partial charge in [-0.1, -0.05) is 222 Å². The van der Waals surface area contributed by atoms with Gasteiger partial charge in [0.15, 0.2) is 11.6 Å². The fourth-order valence-corrected chi connectivity index (χ4v) is 9.08. The van der Waals surface area contributed by atoms with Crippen LogP contribution >= 0.6 is 0 Å². The van der Waals surface area contributed by atoms with Crippen LogP contribution in [0.3, 0.4) is 0 Å². The molecule has 0 aliphatic carbocycles. The Bertz CT molecular complexity index is 2520. The standard InChI is InChI=1S/C65H88N2O2/c1-43(2)44(3)35-47(6)63(14,15)41-46(5)59(39-52-29-33-56(34-30-52)61(69)55-26-21-20-22-27-55)67-51(10)65(18,19)40-45(4)58(38-53-31-32-54-25-23-24-28-57(54)37-53)36-48(7)64(16,17)42-60(68)49(8)66-50(9)62(11,12)13/h20-34,37,44,47,49,58-59H,1,4-5,7,35-36,38-42H2,2-3,6,8-19H3. The van der Waals surface area contributed by atoms with Crippen LogP contribution in [0.4, 0.5) is 0 Å². The first kappa shape index (κ1) is 56.4. The smallest absolute Gasteiger partial charge is 0.193 e. The molecule has 4 nitrogen and oxygen atoms in total. The predicted octanol–water partition coefficient (Wildman–Crippen LogP) is 17.3. The molecule has 4 aromatic carbocycles. The zero-order chi connectivity index (χ0) is 51.6. The van der Waals surface area contributed by atoms with Gasteiger partial charge >= 0.3 is 0 Å². The number of Topliss-reactive ketones (excluding diaryl/α,β-unsaturated/α-hetero) is 1. The van der Waals surface area contributed by atoms with Crippen LogP contribution in [0.5, 0.6) is 0 Å². The van der Waals surface area contributed by atoms with Crippen LogP contribution in [0, 0.1) is 39.4 Å². The largest absolute Gasteiger partial charge is 0.297 e. The van der Waals surface area contributed by atoms with Crippen LogP contribution in [0.1, 0.15) is 163 Å². The molecular formula is C65H88N2O2. The number of rotatable bonds is 25. The van der Waals surface area contributed by atoms with Gasteiger partial charge in [0.05, 0.1) is 6.04 Å². The molecule has 0 saturated heterocycles. The van der Waals surface area contributed by atoms with Gasteiger partial charge in [0.2, 0.25) is 0 Å². The Kier molecular flexibility index (Phi) is 19.3. The minimum absolute atomic E-state index is 0.00831. The van der Waals surface area contributed by atoms with Gasteiger partial charge in [-0.05, 0) is 122 Å². The lowest BCUT2D eigenvalue weighted by Crippen LogP contribution is -2.30. The molecule has 0 N–H and O–H groups in total. The third-order valence-corrected chi connectivity index (χ3v) is 15.6. The topological polar surface area (TPSA) is 58.9 Å². The molecular weight excluding hydrogens is 841 g/mol. The van der Waals surface area contributed by atoms with E-state index in [1.165, 1.54) is 21.9 Å². The second-order valence-electron chi connectivity index (χ2n) is 23.8. The van der Waals surface area contributed by atoms with Crippen LogP contribution in [0.25, 0.3) is 10.8 Å². The van der Waals surface area contributed by atoms with Crippen molar-refractivity contribution >= 4 is 33.8 Å². The lowest BCUT2D eigenvalue weighted by atomic mass is 9.70. The molecule has 0 aromatic heterocycles. The maximum atomic E-state index is 13.7. The second-order valence-corrected chi connectivity index (χ2v) is 23.8. The van der Waals surface area contributed by atoms with Crippen molar-refractivity contribution in [2.45, 2.75) is 161 Å². The molecule has 0 spiro atoms. The van der Waals surface area contributed by atoms with E-state index in [0.29, 0.717) is 35.8 Å². The summed E-state index contributed by atoms with van der Waals surface area (Å²) in [5, 5.41) is 2.44. The fourth-order valence-electron chi connectivity index (χ4n) is 9.08. The van der Waals surface area contributed by atoms with Crippen molar-refractivity contribution in [3.63, 3.8) is 0 Å². The SMILES string of the molecule is C=C(C)C(C)CC(C)C(C)(C)CC(=C)C(Cc1ccc(C(=O)c2ccccc2)cc1)N=C(C)C(C)(C)CC(=C)C(CC(=C)C(C)(C)CC(=O)C(C)N=C(C)C(C)(C)C)Cc1ccc2ccccc2c1. The van der Waals surface area contributed by atoms with Gasteiger partial charge in [0, 0.05) is 34.4 Å². The van der Waals surface area contributed by atoms with E-state index >= 15 is 0 Å². The zero-order valence-corrected chi connectivity index (χ0v) is 45.6. The van der Waals surface area contributed by atoms with Crippen LogP contribution in [0.15, 0.2) is 156 Å². The summed E-state index contributed by atoms with van der Waals surface area (Å²) in [5.41, 5.74) is 9.46. The highest BCUT2D eigenvalue weighted by molar-refractivity contribution is 6.09. The zero-order valence-electron chi connectivity index (χ0n) is 45.6. The molecule has 4 heteroatoms. The highest BCUT2D eigenvalue weighted by Crippen LogP contribution is 2.42. The highest BCUT2D eigenvalue weighted by Gasteiger charge is 2.34. The maximum absolute atomic E-state index is 13.7. The van der Waals surface area contributed by atoms with Gasteiger partial charge in [0.25, 0.3) is 0 Å². The minimum atomic E-state index is -0.431. The van der Waals surface area contributed by atoms with Crippen molar-refractivity contribution < 1.29 is 9.59 Å². The second kappa shape index (κ2) is 23.6. The molecule has 0 aliphatic rings. The third-order valence-electron chi connectivity index (χ3n) is 15.6. The van der Waals surface area contributed by atoms with Crippen LogP contribution in [-0.2, 0) is 17.6 Å². The first-order chi connectivity index (χ1) is 32.0. The van der Waals surface area contributed by atoms with Crippen LogP contribution in [0.2, 0.25) is 0 Å². The van der Waals surface area contributed by atoms with E-state index in [1.54, 1.807) is 0 Å². The monoisotopic (exact) mass is 929 g/mol. The number of carbonyl (C=O) groups excluding carboxylic acids is 2. The van der Waals surface area contributed by atoms with Crippen molar-refractivity contribution in [3.05, 3.63) is 168 Å². The van der Waals surface area contributed by atoms with Gasteiger partial charge in [-0.3, -0.25) is 19.6 Å². The van der Waals surface area contributed by atoms with Crippen molar-refractivity contribution in [1.29, 1.82) is 0 Å². The average molecular weight is 929 g/mol.